The molecule has 0 bridgehead atoms. The van der Waals surface area contributed by atoms with Gasteiger partial charge in [-0.15, -0.1) is 0 Å². The molecule has 1 heterocycles. The second kappa shape index (κ2) is 69.0. The van der Waals surface area contributed by atoms with E-state index < -0.39 is 49.5 Å². The Morgan fingerprint density at radius 1 is 0.371 bits per heavy atom. The van der Waals surface area contributed by atoms with Crippen molar-refractivity contribution in [2.24, 2.45) is 0 Å². The number of nitrogens with one attached hydrogen (secondary N) is 1. The van der Waals surface area contributed by atoms with Gasteiger partial charge in [0.05, 0.1) is 25.4 Å². The molecule has 1 aliphatic rings. The van der Waals surface area contributed by atoms with Crippen LogP contribution in [0.1, 0.15) is 399 Å². The van der Waals surface area contributed by atoms with E-state index in [4.69, 9.17) is 9.47 Å². The molecule has 9 heteroatoms. The first-order chi connectivity index (χ1) is 43.8. The minimum absolute atomic E-state index is 0.183. The van der Waals surface area contributed by atoms with Gasteiger partial charge in [-0.25, -0.2) is 0 Å². The van der Waals surface area contributed by atoms with E-state index in [1.54, 1.807) is 6.08 Å². The van der Waals surface area contributed by atoms with Gasteiger partial charge in [-0.1, -0.05) is 371 Å². The largest absolute Gasteiger partial charge is 0.394 e. The van der Waals surface area contributed by atoms with E-state index in [0.29, 0.717) is 6.42 Å². The molecule has 0 aliphatic carbocycles. The van der Waals surface area contributed by atoms with E-state index in [9.17, 15) is 30.3 Å². The summed E-state index contributed by atoms with van der Waals surface area (Å²) in [5.74, 6) is -0.183. The van der Waals surface area contributed by atoms with E-state index in [0.717, 1.165) is 44.9 Å². The number of aliphatic hydroxyl groups excluding tert-OH is 5. The highest BCUT2D eigenvalue weighted by atomic mass is 16.7. The van der Waals surface area contributed by atoms with Gasteiger partial charge < -0.3 is 40.3 Å². The number of carbonyl (C=O) groups excluding carboxylic acids is 1. The van der Waals surface area contributed by atoms with Gasteiger partial charge in [0.2, 0.25) is 5.91 Å². The van der Waals surface area contributed by atoms with Crippen LogP contribution in [0.5, 0.6) is 0 Å². The summed E-state index contributed by atoms with van der Waals surface area (Å²) in [6.45, 7) is 3.82. The molecule has 7 atom stereocenters. The second-order valence-corrected chi connectivity index (χ2v) is 27.5. The van der Waals surface area contributed by atoms with Gasteiger partial charge in [0, 0.05) is 6.42 Å². The van der Waals surface area contributed by atoms with Crippen molar-refractivity contribution in [2.45, 2.75) is 442 Å². The van der Waals surface area contributed by atoms with Gasteiger partial charge >= 0.3 is 0 Å². The van der Waals surface area contributed by atoms with Gasteiger partial charge in [0.25, 0.3) is 0 Å². The molecule has 1 amide bonds. The molecule has 1 rings (SSSR count). The highest BCUT2D eigenvalue weighted by Crippen LogP contribution is 2.24. The number of hydrogen-bond acceptors (Lipinski definition) is 8. The molecule has 0 saturated carbocycles. The maximum absolute atomic E-state index is 13.2. The Morgan fingerprint density at radius 3 is 0.944 bits per heavy atom. The third-order valence-corrected chi connectivity index (χ3v) is 18.9. The summed E-state index contributed by atoms with van der Waals surface area (Å²) in [4.78, 5) is 13.2. The van der Waals surface area contributed by atoms with Crippen molar-refractivity contribution in [1.29, 1.82) is 0 Å². The monoisotopic (exact) mass is 1250 g/mol. The fourth-order valence-electron chi connectivity index (χ4n) is 12.7. The highest BCUT2D eigenvalue weighted by molar-refractivity contribution is 5.76. The molecule has 7 unspecified atom stereocenters. The first-order valence-corrected chi connectivity index (χ1v) is 39.4. The predicted octanol–water partition coefficient (Wildman–Crippen LogP) is 22.3. The van der Waals surface area contributed by atoms with E-state index >= 15 is 0 Å². The zero-order chi connectivity index (χ0) is 64.2. The van der Waals surface area contributed by atoms with Crippen molar-refractivity contribution in [3.8, 4) is 0 Å². The van der Waals surface area contributed by atoms with Gasteiger partial charge in [-0.2, -0.15) is 0 Å². The summed E-state index contributed by atoms with van der Waals surface area (Å²) < 4.78 is 11.3. The van der Waals surface area contributed by atoms with Crippen LogP contribution in [0.4, 0.5) is 0 Å². The van der Waals surface area contributed by atoms with Gasteiger partial charge in [-0.3, -0.25) is 4.79 Å². The fourth-order valence-corrected chi connectivity index (χ4v) is 12.7. The van der Waals surface area contributed by atoms with Crippen LogP contribution in [-0.4, -0.2) is 87.5 Å². The number of ether oxygens (including phenoxy) is 2. The molecule has 0 spiro atoms. The first-order valence-electron chi connectivity index (χ1n) is 39.4. The molecule has 1 fully saturated rings. The summed E-state index contributed by atoms with van der Waals surface area (Å²) in [7, 11) is 0. The summed E-state index contributed by atoms with van der Waals surface area (Å²) in [5.41, 5.74) is 0. The third kappa shape index (κ3) is 57.3. The molecular weight excluding hydrogens is 1100 g/mol. The van der Waals surface area contributed by atoms with Crippen molar-refractivity contribution < 1.29 is 39.8 Å². The molecule has 0 radical (unpaired) electrons. The summed E-state index contributed by atoms with van der Waals surface area (Å²) in [6.07, 6.45) is 88.4. The van der Waals surface area contributed by atoms with Crippen LogP contribution in [0.3, 0.4) is 0 Å². The Hall–Kier alpha value is -1.85. The van der Waals surface area contributed by atoms with Crippen LogP contribution in [-0.2, 0) is 14.3 Å². The van der Waals surface area contributed by atoms with Crippen molar-refractivity contribution in [3.63, 3.8) is 0 Å². The number of carbonyl (C=O) groups is 1. The molecule has 0 aromatic carbocycles. The average molecular weight is 1260 g/mol. The fraction of sp³-hybridized carbons (Fsp3) is 0.887. The minimum Gasteiger partial charge on any atom is -0.394 e. The lowest BCUT2D eigenvalue weighted by Gasteiger charge is -2.40. The third-order valence-electron chi connectivity index (χ3n) is 18.9. The van der Waals surface area contributed by atoms with Crippen molar-refractivity contribution in [2.75, 3.05) is 13.2 Å². The molecule has 0 aromatic heterocycles. The minimum atomic E-state index is -1.58. The topological polar surface area (TPSA) is 149 Å². The maximum atomic E-state index is 13.2. The second-order valence-electron chi connectivity index (χ2n) is 27.5. The van der Waals surface area contributed by atoms with E-state index in [1.165, 1.54) is 334 Å². The number of allylic oxidation sites excluding steroid dienone is 7. The summed E-state index contributed by atoms with van der Waals surface area (Å²) >= 11 is 0. The summed E-state index contributed by atoms with van der Waals surface area (Å²) in [6, 6.07) is -0.830. The standard InChI is InChI=1S/C80H151NO8/c1-3-5-7-9-11-13-15-17-19-21-23-25-27-29-31-33-34-35-36-37-38-39-40-42-44-46-48-50-52-54-56-58-60-62-64-66-68-70-76(84)81-73(72-88-80-79(87)78(86)77(85)75(71-82)89-80)74(83)69-67-65-63-61-59-57-55-53-51-49-47-45-43-41-32-30-28-26-24-22-20-18-16-14-12-10-8-6-4-2/h21,23,51,53,59,61,67,69,73-75,77-80,82-83,85-87H,3-20,22,24-50,52,54-58,60,62-66,68,70-72H2,1-2H3,(H,81,84)/b23-21-,53-51+,61-59+,69-67+. The number of aliphatic hydroxyl groups is 5. The number of unbranched alkanes of at least 4 members (excludes halogenated alkanes) is 54. The van der Waals surface area contributed by atoms with E-state index in [2.05, 4.69) is 55.6 Å². The molecule has 524 valence electrons. The lowest BCUT2D eigenvalue weighted by Crippen LogP contribution is -2.60. The van der Waals surface area contributed by atoms with Crippen LogP contribution in [0.25, 0.3) is 0 Å². The van der Waals surface area contributed by atoms with Crippen LogP contribution in [0.2, 0.25) is 0 Å². The zero-order valence-electron chi connectivity index (χ0n) is 59.0. The Balaban J connectivity index is 2.09. The Kier molecular flexibility index (Phi) is 66.0. The van der Waals surface area contributed by atoms with Gasteiger partial charge in [0.15, 0.2) is 6.29 Å². The Bertz CT molecular complexity index is 1550. The predicted molar refractivity (Wildman–Crippen MR) is 383 cm³/mol. The highest BCUT2D eigenvalue weighted by Gasteiger charge is 2.44. The average Bonchev–Trinajstić information content (AvgIpc) is 2.28. The van der Waals surface area contributed by atoms with Crippen molar-refractivity contribution in [3.05, 3.63) is 48.6 Å². The molecule has 89 heavy (non-hydrogen) atoms. The quantitative estimate of drug-likeness (QED) is 0.0261. The number of amides is 1. The number of rotatable bonds is 70. The maximum Gasteiger partial charge on any atom is 0.220 e. The van der Waals surface area contributed by atoms with E-state index in [-0.39, 0.29) is 12.5 Å². The Morgan fingerprint density at radius 2 is 0.640 bits per heavy atom. The van der Waals surface area contributed by atoms with E-state index in [1.807, 2.05) is 6.08 Å². The summed E-state index contributed by atoms with van der Waals surface area (Å²) in [5, 5.41) is 54.8. The van der Waals surface area contributed by atoms with Crippen molar-refractivity contribution in [1.82, 2.24) is 5.32 Å². The van der Waals surface area contributed by atoms with Crippen LogP contribution in [0.15, 0.2) is 48.6 Å². The SMILES string of the molecule is CCCCCCCCCC/C=C\CCCCCCCCCCCCCCCCCCCCCCCCCCCC(=O)NC(COC1OC(CO)C(O)C(O)C1O)C(O)/C=C/CC/C=C/CC/C=C/CCCCCCCCCCCCCCCCCCCCC. The van der Waals surface area contributed by atoms with Gasteiger partial charge in [-0.05, 0) is 70.6 Å². The first kappa shape index (κ1) is 85.2. The van der Waals surface area contributed by atoms with Crippen molar-refractivity contribution >= 4 is 5.91 Å². The Labute approximate surface area is 552 Å². The van der Waals surface area contributed by atoms with Gasteiger partial charge in [0.1, 0.15) is 24.4 Å². The lowest BCUT2D eigenvalue weighted by atomic mass is 9.99. The van der Waals surface area contributed by atoms with Crippen LogP contribution < -0.4 is 5.32 Å². The van der Waals surface area contributed by atoms with Crippen LogP contribution >= 0.6 is 0 Å². The zero-order valence-corrected chi connectivity index (χ0v) is 59.0. The smallest absolute Gasteiger partial charge is 0.220 e. The molecule has 6 N–H and O–H groups in total. The molecular formula is C80H151NO8. The molecule has 1 saturated heterocycles. The number of hydrogen-bond donors (Lipinski definition) is 6. The molecule has 1 aliphatic heterocycles. The van der Waals surface area contributed by atoms with Crippen LogP contribution in [0, 0.1) is 0 Å². The molecule has 9 nitrogen and oxygen atoms in total. The molecule has 0 aromatic rings. The normalized spacial score (nSPS) is 18.0. The lowest BCUT2D eigenvalue weighted by molar-refractivity contribution is -0.302.